The van der Waals surface area contributed by atoms with Crippen LogP contribution in [0, 0.1) is 0 Å². The van der Waals surface area contributed by atoms with Gasteiger partial charge in [-0.15, -0.1) is 24.2 Å². The van der Waals surface area contributed by atoms with Gasteiger partial charge in [0, 0.05) is 10.5 Å². The van der Waals surface area contributed by atoms with Crippen molar-refractivity contribution in [2.75, 3.05) is 0 Å². The van der Waals surface area contributed by atoms with Gasteiger partial charge in [-0.05, 0) is 19.1 Å². The summed E-state index contributed by atoms with van der Waals surface area (Å²) in [6.07, 6.45) is 0. The summed E-state index contributed by atoms with van der Waals surface area (Å²) in [6, 6.07) is 4.55. The van der Waals surface area contributed by atoms with E-state index in [2.05, 4.69) is 12.6 Å². The highest BCUT2D eigenvalue weighted by Gasteiger charge is 2.22. The highest BCUT2D eigenvalue weighted by Crippen LogP contribution is 2.30. The van der Waals surface area contributed by atoms with Gasteiger partial charge in [0.15, 0.2) is 5.78 Å². The Morgan fingerprint density at radius 2 is 2.07 bits per heavy atom. The van der Waals surface area contributed by atoms with Gasteiger partial charge in [-0.25, -0.2) is 4.79 Å². The van der Waals surface area contributed by atoms with Crippen molar-refractivity contribution in [2.24, 2.45) is 0 Å². The van der Waals surface area contributed by atoms with E-state index in [-0.39, 0.29) is 16.9 Å². The molecule has 0 spiro atoms. The number of hydrogen-bond acceptors (Lipinski definition) is 3. The first-order valence-electron chi connectivity index (χ1n) is 4.15. The SMILES string of the molecule is CC(=O)C(Cl)c1c(S)cccc1C(=O)O. The zero-order valence-corrected chi connectivity index (χ0v) is 9.55. The first kappa shape index (κ1) is 12.1. The molecule has 1 aromatic rings. The third-order valence-electron chi connectivity index (χ3n) is 1.92. The molecule has 0 bridgehead atoms. The normalized spacial score (nSPS) is 12.2. The van der Waals surface area contributed by atoms with E-state index in [1.54, 1.807) is 12.1 Å². The Morgan fingerprint density at radius 1 is 1.47 bits per heavy atom. The number of carbonyl (C=O) groups is 2. The number of rotatable bonds is 3. The van der Waals surface area contributed by atoms with E-state index in [0.717, 1.165) is 0 Å². The summed E-state index contributed by atoms with van der Waals surface area (Å²) in [5.41, 5.74) is 0.264. The average molecular weight is 245 g/mol. The van der Waals surface area contributed by atoms with E-state index < -0.39 is 11.3 Å². The Balaban J connectivity index is 3.37. The van der Waals surface area contributed by atoms with E-state index in [0.29, 0.717) is 4.90 Å². The summed E-state index contributed by atoms with van der Waals surface area (Å²) >= 11 is 9.93. The molecule has 0 fully saturated rings. The van der Waals surface area contributed by atoms with Crippen molar-refractivity contribution in [1.82, 2.24) is 0 Å². The molecule has 0 aliphatic heterocycles. The van der Waals surface area contributed by atoms with E-state index in [9.17, 15) is 9.59 Å². The summed E-state index contributed by atoms with van der Waals surface area (Å²) in [5.74, 6) is -1.42. The molecule has 0 radical (unpaired) electrons. The average Bonchev–Trinajstić information content (AvgIpc) is 2.16. The van der Waals surface area contributed by atoms with Crippen LogP contribution in [0.15, 0.2) is 23.1 Å². The summed E-state index contributed by atoms with van der Waals surface area (Å²) in [5, 5.41) is 7.95. The van der Waals surface area contributed by atoms with Crippen LogP contribution in [0.4, 0.5) is 0 Å². The number of carboxylic acids is 1. The maximum absolute atomic E-state index is 11.1. The summed E-state index contributed by atoms with van der Waals surface area (Å²) in [4.78, 5) is 22.4. The van der Waals surface area contributed by atoms with Crippen LogP contribution in [0.25, 0.3) is 0 Å². The van der Waals surface area contributed by atoms with Crippen LogP contribution in [0.2, 0.25) is 0 Å². The molecule has 0 aromatic heterocycles. The molecule has 1 rings (SSSR count). The molecule has 1 N–H and O–H groups in total. The molecule has 3 nitrogen and oxygen atoms in total. The molecule has 5 heteroatoms. The van der Waals surface area contributed by atoms with Gasteiger partial charge in [-0.3, -0.25) is 4.79 Å². The van der Waals surface area contributed by atoms with Gasteiger partial charge < -0.3 is 5.11 Å². The summed E-state index contributed by atoms with van der Waals surface area (Å²) in [7, 11) is 0. The van der Waals surface area contributed by atoms with Crippen molar-refractivity contribution in [1.29, 1.82) is 0 Å². The van der Waals surface area contributed by atoms with Gasteiger partial charge in [0.2, 0.25) is 0 Å². The van der Waals surface area contributed by atoms with Crippen molar-refractivity contribution in [3.8, 4) is 0 Å². The molecule has 1 aromatic carbocycles. The lowest BCUT2D eigenvalue weighted by Gasteiger charge is -2.12. The number of Topliss-reactive ketones (excluding diaryl/α,β-unsaturated/α-hetero) is 1. The predicted octanol–water partition coefficient (Wildman–Crippen LogP) is 2.54. The van der Waals surface area contributed by atoms with Crippen molar-refractivity contribution in [3.63, 3.8) is 0 Å². The van der Waals surface area contributed by atoms with Crippen molar-refractivity contribution in [3.05, 3.63) is 29.3 Å². The van der Waals surface area contributed by atoms with Gasteiger partial charge in [0.25, 0.3) is 0 Å². The van der Waals surface area contributed by atoms with E-state index >= 15 is 0 Å². The van der Waals surface area contributed by atoms with Crippen LogP contribution in [-0.2, 0) is 4.79 Å². The second-order valence-corrected chi connectivity index (χ2v) is 3.93. The third-order valence-corrected chi connectivity index (χ3v) is 2.84. The number of carbonyl (C=O) groups excluding carboxylic acids is 1. The minimum Gasteiger partial charge on any atom is -0.478 e. The molecule has 0 aliphatic rings. The number of aromatic carboxylic acids is 1. The number of thiol groups is 1. The fourth-order valence-electron chi connectivity index (χ4n) is 1.21. The number of halogens is 1. The number of ketones is 1. The molecule has 1 atom stereocenters. The molecule has 0 heterocycles. The number of benzene rings is 1. The van der Waals surface area contributed by atoms with Gasteiger partial charge >= 0.3 is 5.97 Å². The topological polar surface area (TPSA) is 54.4 Å². The summed E-state index contributed by atoms with van der Waals surface area (Å²) in [6.45, 7) is 1.31. The molecule has 0 aliphatic carbocycles. The monoisotopic (exact) mass is 244 g/mol. The first-order chi connectivity index (χ1) is 6.95. The van der Waals surface area contributed by atoms with Crippen LogP contribution in [-0.4, -0.2) is 16.9 Å². The van der Waals surface area contributed by atoms with E-state index in [4.69, 9.17) is 16.7 Å². The third kappa shape index (κ3) is 2.52. The Kier molecular flexibility index (Phi) is 3.77. The fraction of sp³-hybridized carbons (Fsp3) is 0.200. The highest BCUT2D eigenvalue weighted by molar-refractivity contribution is 7.80. The van der Waals surface area contributed by atoms with E-state index in [1.807, 2.05) is 0 Å². The molecule has 15 heavy (non-hydrogen) atoms. The van der Waals surface area contributed by atoms with Gasteiger partial charge in [0.05, 0.1) is 5.56 Å². The Bertz CT molecular complexity index is 417. The van der Waals surface area contributed by atoms with Crippen LogP contribution >= 0.6 is 24.2 Å². The number of carboxylic acid groups (broad SMARTS) is 1. The van der Waals surface area contributed by atoms with Crippen LogP contribution in [0.5, 0.6) is 0 Å². The van der Waals surface area contributed by atoms with Gasteiger partial charge in [-0.1, -0.05) is 6.07 Å². The first-order valence-corrected chi connectivity index (χ1v) is 5.03. The number of alkyl halides is 1. The Labute approximate surface area is 97.5 Å². The van der Waals surface area contributed by atoms with Crippen LogP contribution in [0.1, 0.15) is 28.2 Å². The standard InChI is InChI=1S/C10H9ClO3S/c1-5(12)9(11)8-6(10(13)14)3-2-4-7(8)15/h2-4,9,15H,1H3,(H,13,14). The second kappa shape index (κ2) is 4.68. The van der Waals surface area contributed by atoms with Gasteiger partial charge in [-0.2, -0.15) is 0 Å². The van der Waals surface area contributed by atoms with Gasteiger partial charge in [0.1, 0.15) is 5.38 Å². The molecular weight excluding hydrogens is 236 g/mol. The molecule has 0 amide bonds. The lowest BCUT2D eigenvalue weighted by molar-refractivity contribution is -0.116. The second-order valence-electron chi connectivity index (χ2n) is 3.02. The smallest absolute Gasteiger partial charge is 0.336 e. The largest absolute Gasteiger partial charge is 0.478 e. The number of hydrogen-bond donors (Lipinski definition) is 2. The zero-order chi connectivity index (χ0) is 11.6. The molecule has 80 valence electrons. The maximum Gasteiger partial charge on any atom is 0.336 e. The lowest BCUT2D eigenvalue weighted by Crippen LogP contribution is -2.10. The minimum atomic E-state index is -1.12. The molecule has 0 saturated heterocycles. The highest BCUT2D eigenvalue weighted by atomic mass is 35.5. The Morgan fingerprint density at radius 3 is 2.53 bits per heavy atom. The predicted molar refractivity (Wildman–Crippen MR) is 59.9 cm³/mol. The van der Waals surface area contributed by atoms with Crippen molar-refractivity contribution >= 4 is 36.0 Å². The maximum atomic E-state index is 11.1. The zero-order valence-electron chi connectivity index (χ0n) is 7.90. The molecule has 1 unspecified atom stereocenters. The summed E-state index contributed by atoms with van der Waals surface area (Å²) < 4.78 is 0. The quantitative estimate of drug-likeness (QED) is 0.635. The van der Waals surface area contributed by atoms with E-state index in [1.165, 1.54) is 13.0 Å². The van der Waals surface area contributed by atoms with Crippen molar-refractivity contribution < 1.29 is 14.7 Å². The lowest BCUT2D eigenvalue weighted by atomic mass is 10.0. The van der Waals surface area contributed by atoms with Crippen molar-refractivity contribution in [2.45, 2.75) is 17.2 Å². The molecular formula is C10H9ClO3S. The molecule has 0 saturated carbocycles. The Hall–Kier alpha value is -1.00. The van der Waals surface area contributed by atoms with Crippen LogP contribution in [0.3, 0.4) is 0 Å². The van der Waals surface area contributed by atoms with Crippen LogP contribution < -0.4 is 0 Å². The minimum absolute atomic E-state index is 0.0118. The fourth-order valence-corrected chi connectivity index (χ4v) is 1.86.